The van der Waals surface area contributed by atoms with E-state index in [1.807, 2.05) is 17.8 Å². The van der Waals surface area contributed by atoms with E-state index in [-0.39, 0.29) is 5.91 Å². The molecule has 2 N–H and O–H groups in total. The predicted octanol–water partition coefficient (Wildman–Crippen LogP) is -0.0319. The third-order valence-corrected chi connectivity index (χ3v) is 1.74. The molecule has 0 aromatic carbocycles. The third-order valence-electron chi connectivity index (χ3n) is 1.74. The van der Waals surface area contributed by atoms with Crippen molar-refractivity contribution in [3.8, 4) is 0 Å². The van der Waals surface area contributed by atoms with Crippen LogP contribution in [0.5, 0.6) is 0 Å². The molecule has 0 aliphatic heterocycles. The van der Waals surface area contributed by atoms with Gasteiger partial charge in [-0.05, 0) is 0 Å². The summed E-state index contributed by atoms with van der Waals surface area (Å²) in [6.07, 6.45) is 4.02. The van der Waals surface area contributed by atoms with E-state index < -0.39 is 0 Å². The minimum atomic E-state index is 0.0294. The van der Waals surface area contributed by atoms with Gasteiger partial charge in [0.2, 0.25) is 11.9 Å². The smallest absolute Gasteiger partial charge is 0.221 e. The Kier molecular flexibility index (Phi) is 3.31. The maximum absolute atomic E-state index is 10.8. The summed E-state index contributed by atoms with van der Waals surface area (Å²) in [6.45, 7) is 0.602. The zero-order valence-electron chi connectivity index (χ0n) is 7.87. The topological polar surface area (TPSA) is 59.0 Å². The van der Waals surface area contributed by atoms with Crippen LogP contribution in [-0.4, -0.2) is 29.1 Å². The Morgan fingerprint density at radius 1 is 1.69 bits per heavy atom. The maximum atomic E-state index is 10.8. The molecule has 0 aliphatic rings. The summed E-state index contributed by atoms with van der Waals surface area (Å²) in [5, 5.41) is 5.60. The number of aromatic nitrogens is 2. The molecule has 5 heteroatoms. The number of hydrogen-bond donors (Lipinski definition) is 2. The van der Waals surface area contributed by atoms with Crippen molar-refractivity contribution in [2.75, 3.05) is 18.9 Å². The molecule has 0 unspecified atom stereocenters. The maximum Gasteiger partial charge on any atom is 0.221 e. The number of nitrogens with zero attached hydrogens (tertiary/aromatic N) is 2. The molecule has 0 bridgehead atoms. The monoisotopic (exact) mass is 182 g/mol. The lowest BCUT2D eigenvalue weighted by Crippen LogP contribution is -2.21. The SMILES string of the molecule is CNC(=O)CCNc1nccn1C. The van der Waals surface area contributed by atoms with Gasteiger partial charge in [-0.2, -0.15) is 0 Å². The fraction of sp³-hybridized carbons (Fsp3) is 0.500. The van der Waals surface area contributed by atoms with Crippen LogP contribution in [-0.2, 0) is 11.8 Å². The minimum Gasteiger partial charge on any atom is -0.359 e. The quantitative estimate of drug-likeness (QED) is 0.687. The standard InChI is InChI=1S/C8H14N4O/c1-9-7(13)3-4-10-8-11-5-6-12(8)2/h5-6H,3-4H2,1-2H3,(H,9,13)(H,10,11). The lowest BCUT2D eigenvalue weighted by Gasteiger charge is -2.04. The number of carbonyl (C=O) groups excluding carboxylic acids is 1. The van der Waals surface area contributed by atoms with Crippen LogP contribution in [0.1, 0.15) is 6.42 Å². The van der Waals surface area contributed by atoms with E-state index in [2.05, 4.69) is 15.6 Å². The molecule has 0 saturated heterocycles. The van der Waals surface area contributed by atoms with Crippen molar-refractivity contribution in [2.24, 2.45) is 7.05 Å². The van der Waals surface area contributed by atoms with Gasteiger partial charge in [0.15, 0.2) is 0 Å². The van der Waals surface area contributed by atoms with Gasteiger partial charge < -0.3 is 15.2 Å². The second-order valence-corrected chi connectivity index (χ2v) is 2.71. The molecule has 1 rings (SSSR count). The highest BCUT2D eigenvalue weighted by Crippen LogP contribution is 1.99. The highest BCUT2D eigenvalue weighted by Gasteiger charge is 1.99. The summed E-state index contributed by atoms with van der Waals surface area (Å²) in [4.78, 5) is 14.9. The van der Waals surface area contributed by atoms with E-state index >= 15 is 0 Å². The molecule has 13 heavy (non-hydrogen) atoms. The van der Waals surface area contributed by atoms with Crippen LogP contribution in [0.4, 0.5) is 5.95 Å². The first kappa shape index (κ1) is 9.57. The second-order valence-electron chi connectivity index (χ2n) is 2.71. The molecular formula is C8H14N4O. The average molecular weight is 182 g/mol. The third kappa shape index (κ3) is 2.77. The molecule has 0 saturated carbocycles. The molecular weight excluding hydrogens is 168 g/mol. The van der Waals surface area contributed by atoms with Crippen LogP contribution in [0.2, 0.25) is 0 Å². The number of hydrogen-bond acceptors (Lipinski definition) is 3. The van der Waals surface area contributed by atoms with Gasteiger partial charge in [0.25, 0.3) is 0 Å². The normalized spacial score (nSPS) is 9.69. The van der Waals surface area contributed by atoms with E-state index in [9.17, 15) is 4.79 Å². The lowest BCUT2D eigenvalue weighted by molar-refractivity contribution is -0.120. The number of nitrogens with one attached hydrogen (secondary N) is 2. The largest absolute Gasteiger partial charge is 0.359 e. The summed E-state index contributed by atoms with van der Waals surface area (Å²) in [6, 6.07) is 0. The highest BCUT2D eigenvalue weighted by atomic mass is 16.1. The average Bonchev–Trinajstić information content (AvgIpc) is 2.52. The van der Waals surface area contributed by atoms with Crippen LogP contribution in [0.15, 0.2) is 12.4 Å². The summed E-state index contributed by atoms with van der Waals surface area (Å²) in [7, 11) is 3.53. The van der Waals surface area contributed by atoms with Gasteiger partial charge in [-0.1, -0.05) is 0 Å². The van der Waals surface area contributed by atoms with Crippen molar-refractivity contribution < 1.29 is 4.79 Å². The van der Waals surface area contributed by atoms with Gasteiger partial charge in [-0.25, -0.2) is 4.98 Å². The summed E-state index contributed by atoms with van der Waals surface area (Å²) >= 11 is 0. The molecule has 0 spiro atoms. The van der Waals surface area contributed by atoms with Crippen molar-refractivity contribution in [1.82, 2.24) is 14.9 Å². The van der Waals surface area contributed by atoms with Gasteiger partial charge >= 0.3 is 0 Å². The molecule has 5 nitrogen and oxygen atoms in total. The molecule has 1 heterocycles. The van der Waals surface area contributed by atoms with Crippen molar-refractivity contribution in [3.63, 3.8) is 0 Å². The number of amides is 1. The van der Waals surface area contributed by atoms with Crippen molar-refractivity contribution >= 4 is 11.9 Å². The molecule has 0 atom stereocenters. The van der Waals surface area contributed by atoms with Gasteiger partial charge in [0.1, 0.15) is 0 Å². The Balaban J connectivity index is 2.28. The molecule has 0 fully saturated rings. The van der Waals surface area contributed by atoms with Gasteiger partial charge in [-0.15, -0.1) is 0 Å². The van der Waals surface area contributed by atoms with Gasteiger partial charge in [-0.3, -0.25) is 4.79 Å². The van der Waals surface area contributed by atoms with Gasteiger partial charge in [0, 0.05) is 39.5 Å². The predicted molar refractivity (Wildman–Crippen MR) is 50.4 cm³/mol. The van der Waals surface area contributed by atoms with Crippen LogP contribution >= 0.6 is 0 Å². The number of imidazole rings is 1. The lowest BCUT2D eigenvalue weighted by atomic mass is 10.4. The van der Waals surface area contributed by atoms with Gasteiger partial charge in [0.05, 0.1) is 0 Å². The van der Waals surface area contributed by atoms with E-state index in [0.717, 1.165) is 5.95 Å². The Hall–Kier alpha value is -1.52. The first-order chi connectivity index (χ1) is 6.24. The van der Waals surface area contributed by atoms with Crippen LogP contribution in [0.25, 0.3) is 0 Å². The Morgan fingerprint density at radius 2 is 2.46 bits per heavy atom. The highest BCUT2D eigenvalue weighted by molar-refractivity contribution is 5.75. The Bertz CT molecular complexity index is 281. The molecule has 1 amide bonds. The fourth-order valence-electron chi connectivity index (χ4n) is 0.949. The first-order valence-electron chi connectivity index (χ1n) is 4.16. The molecule has 72 valence electrons. The Labute approximate surface area is 77.2 Å². The summed E-state index contributed by atoms with van der Waals surface area (Å²) in [5.74, 6) is 0.811. The molecule has 0 radical (unpaired) electrons. The summed E-state index contributed by atoms with van der Waals surface area (Å²) < 4.78 is 1.86. The molecule has 1 aromatic rings. The van der Waals surface area contributed by atoms with Crippen molar-refractivity contribution in [1.29, 1.82) is 0 Å². The van der Waals surface area contributed by atoms with Crippen LogP contribution in [0.3, 0.4) is 0 Å². The minimum absolute atomic E-state index is 0.0294. The number of aryl methyl sites for hydroxylation is 1. The van der Waals surface area contributed by atoms with Crippen LogP contribution in [0, 0.1) is 0 Å². The number of rotatable bonds is 4. The Morgan fingerprint density at radius 3 is 3.00 bits per heavy atom. The van der Waals surface area contributed by atoms with E-state index in [4.69, 9.17) is 0 Å². The van der Waals surface area contributed by atoms with E-state index in [0.29, 0.717) is 13.0 Å². The number of anilines is 1. The van der Waals surface area contributed by atoms with Crippen molar-refractivity contribution in [2.45, 2.75) is 6.42 Å². The zero-order chi connectivity index (χ0) is 9.68. The van der Waals surface area contributed by atoms with Crippen molar-refractivity contribution in [3.05, 3.63) is 12.4 Å². The second kappa shape index (κ2) is 4.49. The fourth-order valence-corrected chi connectivity index (χ4v) is 0.949. The zero-order valence-corrected chi connectivity index (χ0v) is 7.87. The first-order valence-corrected chi connectivity index (χ1v) is 4.16. The van der Waals surface area contributed by atoms with E-state index in [1.165, 1.54) is 0 Å². The molecule has 1 aromatic heterocycles. The molecule has 0 aliphatic carbocycles. The number of carbonyl (C=O) groups is 1. The summed E-state index contributed by atoms with van der Waals surface area (Å²) in [5.41, 5.74) is 0. The van der Waals surface area contributed by atoms with E-state index in [1.54, 1.807) is 13.2 Å². The van der Waals surface area contributed by atoms with Crippen LogP contribution < -0.4 is 10.6 Å².